The number of carboxylic acids is 1. The zero-order chi connectivity index (χ0) is 10.8. The van der Waals surface area contributed by atoms with Crippen molar-refractivity contribution in [1.82, 2.24) is 5.16 Å². The molecule has 0 saturated heterocycles. The highest BCUT2D eigenvalue weighted by Gasteiger charge is 2.13. The van der Waals surface area contributed by atoms with Gasteiger partial charge in [0, 0.05) is 4.47 Å². The molecule has 0 bridgehead atoms. The third-order valence-electron chi connectivity index (χ3n) is 1.75. The molecule has 1 N–H and O–H groups in total. The van der Waals surface area contributed by atoms with Gasteiger partial charge in [-0.1, -0.05) is 6.07 Å². The smallest absolute Gasteiger partial charge is 0.341 e. The molecule has 0 amide bonds. The van der Waals surface area contributed by atoms with E-state index in [1.807, 2.05) is 0 Å². The minimum Gasteiger partial charge on any atom is -0.479 e. The van der Waals surface area contributed by atoms with Crippen molar-refractivity contribution in [2.45, 2.75) is 0 Å². The molecule has 78 valence electrons. The Morgan fingerprint density at radius 2 is 2.40 bits per heavy atom. The van der Waals surface area contributed by atoms with Crippen molar-refractivity contribution >= 4 is 32.9 Å². The van der Waals surface area contributed by atoms with Gasteiger partial charge >= 0.3 is 5.97 Å². The van der Waals surface area contributed by atoms with Gasteiger partial charge in [0.1, 0.15) is 0 Å². The molecule has 2 aromatic rings. The quantitative estimate of drug-likeness (QED) is 0.925. The highest BCUT2D eigenvalue weighted by atomic mass is 79.9. The fourth-order valence-electron chi connectivity index (χ4n) is 1.15. The summed E-state index contributed by atoms with van der Waals surface area (Å²) in [6.45, 7) is -0.442. The first-order valence-electron chi connectivity index (χ1n) is 4.07. The summed E-state index contributed by atoms with van der Waals surface area (Å²) in [5.41, 5.74) is 0.546. The van der Waals surface area contributed by atoms with E-state index in [1.165, 1.54) is 0 Å². The summed E-state index contributed by atoms with van der Waals surface area (Å²) in [5, 5.41) is 12.7. The Morgan fingerprint density at radius 1 is 1.60 bits per heavy atom. The van der Waals surface area contributed by atoms with Gasteiger partial charge in [0.15, 0.2) is 12.2 Å². The predicted octanol–water partition coefficient (Wildman–Crippen LogP) is 2.05. The number of hydrogen-bond donors (Lipinski definition) is 1. The van der Waals surface area contributed by atoms with E-state index in [9.17, 15) is 4.79 Å². The molecule has 0 spiro atoms. The maximum atomic E-state index is 10.3. The highest BCUT2D eigenvalue weighted by molar-refractivity contribution is 9.10. The normalized spacial score (nSPS) is 10.5. The molecular formula is C9H6BrNO4. The van der Waals surface area contributed by atoms with Crippen LogP contribution < -0.4 is 4.74 Å². The number of aliphatic carboxylic acids is 1. The number of benzene rings is 1. The van der Waals surface area contributed by atoms with Crippen LogP contribution in [-0.4, -0.2) is 22.8 Å². The minimum atomic E-state index is -1.06. The Balaban J connectivity index is 2.39. The van der Waals surface area contributed by atoms with Crippen LogP contribution in [0.5, 0.6) is 5.88 Å². The Hall–Kier alpha value is -1.56. The second-order valence-electron chi connectivity index (χ2n) is 2.78. The molecule has 1 aromatic carbocycles. The molecule has 0 aliphatic carbocycles. The second kappa shape index (κ2) is 3.90. The second-order valence-corrected chi connectivity index (χ2v) is 3.64. The molecule has 0 unspecified atom stereocenters. The van der Waals surface area contributed by atoms with E-state index in [2.05, 4.69) is 21.1 Å². The number of ether oxygens (including phenoxy) is 1. The van der Waals surface area contributed by atoms with Crippen molar-refractivity contribution in [2.24, 2.45) is 0 Å². The molecule has 0 saturated carbocycles. The van der Waals surface area contributed by atoms with Crippen LogP contribution >= 0.6 is 15.9 Å². The van der Waals surface area contributed by atoms with Gasteiger partial charge in [-0.15, -0.1) is 0 Å². The summed E-state index contributed by atoms with van der Waals surface area (Å²) in [6, 6.07) is 5.31. The predicted molar refractivity (Wildman–Crippen MR) is 54.8 cm³/mol. The van der Waals surface area contributed by atoms with Crippen LogP contribution in [0.4, 0.5) is 0 Å². The third kappa shape index (κ3) is 1.94. The van der Waals surface area contributed by atoms with Crippen molar-refractivity contribution in [3.63, 3.8) is 0 Å². The van der Waals surface area contributed by atoms with Gasteiger partial charge in [-0.25, -0.2) is 4.79 Å². The first-order chi connectivity index (χ1) is 7.18. The number of fused-ring (bicyclic) bond motifs is 1. The first kappa shape index (κ1) is 9.97. The minimum absolute atomic E-state index is 0.180. The van der Waals surface area contributed by atoms with Crippen LogP contribution in [0.3, 0.4) is 0 Å². The Bertz CT molecular complexity index is 508. The average molecular weight is 272 g/mol. The number of rotatable bonds is 3. The zero-order valence-corrected chi connectivity index (χ0v) is 9.02. The standard InChI is InChI=1S/C9H6BrNO4/c10-5-2-1-3-6-8(5)9(11-15-6)14-4-7(12)13/h1-3H,4H2,(H,12,13). The van der Waals surface area contributed by atoms with Crippen LogP contribution in [0.15, 0.2) is 27.2 Å². The molecule has 15 heavy (non-hydrogen) atoms. The van der Waals surface area contributed by atoms with Crippen molar-refractivity contribution in [2.75, 3.05) is 6.61 Å². The van der Waals surface area contributed by atoms with E-state index in [0.717, 1.165) is 4.47 Å². The van der Waals surface area contributed by atoms with Gasteiger partial charge in [0.2, 0.25) is 0 Å². The Labute approximate surface area is 92.7 Å². The molecule has 0 fully saturated rings. The van der Waals surface area contributed by atoms with Gasteiger partial charge in [-0.05, 0) is 33.2 Å². The summed E-state index contributed by atoms with van der Waals surface area (Å²) >= 11 is 3.31. The topological polar surface area (TPSA) is 72.6 Å². The van der Waals surface area contributed by atoms with E-state index in [4.69, 9.17) is 14.4 Å². The van der Waals surface area contributed by atoms with Crippen LogP contribution in [0.2, 0.25) is 0 Å². The number of carbonyl (C=O) groups is 1. The lowest BCUT2D eigenvalue weighted by atomic mass is 10.3. The van der Waals surface area contributed by atoms with Gasteiger partial charge in [0.05, 0.1) is 5.39 Å². The molecule has 1 heterocycles. The zero-order valence-electron chi connectivity index (χ0n) is 7.44. The summed E-state index contributed by atoms with van der Waals surface area (Å²) < 4.78 is 10.7. The number of halogens is 1. The summed E-state index contributed by atoms with van der Waals surface area (Å²) in [7, 11) is 0. The van der Waals surface area contributed by atoms with E-state index in [-0.39, 0.29) is 5.88 Å². The average Bonchev–Trinajstić information content (AvgIpc) is 2.59. The third-order valence-corrected chi connectivity index (χ3v) is 2.41. The Kier molecular flexibility index (Phi) is 2.59. The van der Waals surface area contributed by atoms with Crippen molar-refractivity contribution in [3.05, 3.63) is 22.7 Å². The maximum absolute atomic E-state index is 10.3. The van der Waals surface area contributed by atoms with Crippen LogP contribution in [0.25, 0.3) is 11.0 Å². The van der Waals surface area contributed by atoms with Gasteiger partial charge in [-0.2, -0.15) is 0 Å². The van der Waals surface area contributed by atoms with E-state index in [0.29, 0.717) is 11.0 Å². The number of aromatic nitrogens is 1. The number of carboxylic acid groups (broad SMARTS) is 1. The van der Waals surface area contributed by atoms with Crippen molar-refractivity contribution in [3.8, 4) is 5.88 Å². The molecule has 0 atom stereocenters. The fraction of sp³-hybridized carbons (Fsp3) is 0.111. The first-order valence-corrected chi connectivity index (χ1v) is 4.86. The highest BCUT2D eigenvalue weighted by Crippen LogP contribution is 2.31. The van der Waals surface area contributed by atoms with Gasteiger partial charge < -0.3 is 14.4 Å². The molecule has 0 aliphatic heterocycles. The molecule has 1 aromatic heterocycles. The number of hydrogen-bond acceptors (Lipinski definition) is 4. The Morgan fingerprint density at radius 3 is 3.13 bits per heavy atom. The lowest BCUT2D eigenvalue weighted by Crippen LogP contribution is -2.09. The van der Waals surface area contributed by atoms with Crippen molar-refractivity contribution in [1.29, 1.82) is 0 Å². The van der Waals surface area contributed by atoms with Crippen LogP contribution in [-0.2, 0) is 4.79 Å². The lowest BCUT2D eigenvalue weighted by Gasteiger charge is -1.98. The van der Waals surface area contributed by atoms with Gasteiger partial charge in [0.25, 0.3) is 5.88 Å². The SMILES string of the molecule is O=C(O)COc1noc2cccc(Br)c12. The van der Waals surface area contributed by atoms with E-state index in [1.54, 1.807) is 18.2 Å². The fourth-order valence-corrected chi connectivity index (χ4v) is 1.67. The van der Waals surface area contributed by atoms with Gasteiger partial charge in [-0.3, -0.25) is 0 Å². The summed E-state index contributed by atoms with van der Waals surface area (Å²) in [6.07, 6.45) is 0. The molecule has 0 radical (unpaired) electrons. The largest absolute Gasteiger partial charge is 0.479 e. The summed E-state index contributed by atoms with van der Waals surface area (Å²) in [4.78, 5) is 10.3. The van der Waals surface area contributed by atoms with E-state index < -0.39 is 12.6 Å². The molecule has 5 nitrogen and oxygen atoms in total. The molecule has 2 rings (SSSR count). The van der Waals surface area contributed by atoms with Crippen molar-refractivity contribution < 1.29 is 19.2 Å². The monoisotopic (exact) mass is 271 g/mol. The van der Waals surface area contributed by atoms with Crippen LogP contribution in [0.1, 0.15) is 0 Å². The molecular weight excluding hydrogens is 266 g/mol. The number of nitrogens with zero attached hydrogens (tertiary/aromatic N) is 1. The summed E-state index contributed by atoms with van der Waals surface area (Å²) in [5.74, 6) is -0.877. The van der Waals surface area contributed by atoms with Crippen LogP contribution in [0, 0.1) is 0 Å². The molecule has 6 heteroatoms. The van der Waals surface area contributed by atoms with E-state index >= 15 is 0 Å². The lowest BCUT2D eigenvalue weighted by molar-refractivity contribution is -0.139. The maximum Gasteiger partial charge on any atom is 0.341 e. The molecule has 0 aliphatic rings.